The number of nitrogens with zero attached hydrogens (tertiary/aromatic N) is 4. The first-order chi connectivity index (χ1) is 9.66. The molecule has 0 unspecified atom stereocenters. The number of aromatic carboxylic acids is 1. The number of aryl methyl sites for hydroxylation is 2. The van der Waals surface area contributed by atoms with Gasteiger partial charge >= 0.3 is 5.97 Å². The molecule has 0 bridgehead atoms. The van der Waals surface area contributed by atoms with E-state index in [0.717, 1.165) is 31.8 Å². The van der Waals surface area contributed by atoms with Crippen molar-refractivity contribution in [1.82, 2.24) is 19.5 Å². The van der Waals surface area contributed by atoms with Crippen LogP contribution in [0.4, 0.5) is 5.82 Å². The van der Waals surface area contributed by atoms with Crippen molar-refractivity contribution in [1.29, 1.82) is 0 Å². The summed E-state index contributed by atoms with van der Waals surface area (Å²) in [5.41, 5.74) is -0.0499. The van der Waals surface area contributed by atoms with Crippen LogP contribution in [0.2, 0.25) is 0 Å². The van der Waals surface area contributed by atoms with Gasteiger partial charge in [-0.15, -0.1) is 0 Å². The second-order valence-electron chi connectivity index (χ2n) is 4.39. The molecule has 0 saturated carbocycles. The molecule has 0 fully saturated rings. The third-order valence-electron chi connectivity index (χ3n) is 2.93. The zero-order valence-electron chi connectivity index (χ0n) is 11.3. The highest BCUT2D eigenvalue weighted by Gasteiger charge is 2.04. The number of anilines is 1. The van der Waals surface area contributed by atoms with E-state index in [0.29, 0.717) is 5.82 Å². The van der Waals surface area contributed by atoms with Crippen molar-refractivity contribution in [3.63, 3.8) is 0 Å². The minimum absolute atomic E-state index is 0.0499. The van der Waals surface area contributed by atoms with Crippen LogP contribution in [0, 0.1) is 6.92 Å². The van der Waals surface area contributed by atoms with Crippen molar-refractivity contribution in [2.24, 2.45) is 0 Å². The molecule has 7 nitrogen and oxygen atoms in total. The number of aromatic nitrogens is 4. The first-order valence-electron chi connectivity index (χ1n) is 6.44. The fourth-order valence-corrected chi connectivity index (χ4v) is 1.79. The molecule has 0 radical (unpaired) electrons. The summed E-state index contributed by atoms with van der Waals surface area (Å²) in [6, 6.07) is 0. The van der Waals surface area contributed by atoms with Gasteiger partial charge in [0.15, 0.2) is 5.69 Å². The van der Waals surface area contributed by atoms with E-state index >= 15 is 0 Å². The molecule has 0 aliphatic carbocycles. The molecule has 0 aliphatic heterocycles. The summed E-state index contributed by atoms with van der Waals surface area (Å²) in [7, 11) is 0. The molecular weight excluding hydrogens is 258 g/mol. The molecule has 2 N–H and O–H groups in total. The summed E-state index contributed by atoms with van der Waals surface area (Å²) in [6.07, 6.45) is 8.47. The number of unbranched alkanes of at least 4 members (excludes halogenated alkanes) is 1. The van der Waals surface area contributed by atoms with Crippen LogP contribution in [0.1, 0.15) is 29.2 Å². The standard InChI is InChI=1S/C13H17N5O2/c1-10-14-5-7-18(10)6-3-2-4-15-12-9-16-11(8-17-12)13(19)20/h5,7-9H,2-4,6H2,1H3,(H,15,17)(H,19,20). The summed E-state index contributed by atoms with van der Waals surface area (Å²) >= 11 is 0. The topological polar surface area (TPSA) is 92.9 Å². The second-order valence-corrected chi connectivity index (χ2v) is 4.39. The number of hydrogen-bond acceptors (Lipinski definition) is 5. The van der Waals surface area contributed by atoms with E-state index in [2.05, 4.69) is 24.8 Å². The first kappa shape index (κ1) is 14.0. The van der Waals surface area contributed by atoms with Crippen LogP contribution in [0.5, 0.6) is 0 Å². The Balaban J connectivity index is 1.68. The van der Waals surface area contributed by atoms with E-state index in [-0.39, 0.29) is 5.69 Å². The Labute approximate surface area is 116 Å². The van der Waals surface area contributed by atoms with Crippen LogP contribution in [0.25, 0.3) is 0 Å². The molecule has 0 amide bonds. The predicted octanol–water partition coefficient (Wildman–Crippen LogP) is 1.57. The largest absolute Gasteiger partial charge is 0.476 e. The Hall–Kier alpha value is -2.44. The molecule has 0 spiro atoms. The van der Waals surface area contributed by atoms with Crippen LogP contribution in [-0.4, -0.2) is 37.1 Å². The van der Waals surface area contributed by atoms with Gasteiger partial charge in [-0.05, 0) is 19.8 Å². The maximum atomic E-state index is 10.6. The molecule has 0 aliphatic rings. The smallest absolute Gasteiger partial charge is 0.356 e. The van der Waals surface area contributed by atoms with Crippen molar-refractivity contribution in [2.45, 2.75) is 26.3 Å². The number of nitrogens with one attached hydrogen (secondary N) is 1. The van der Waals surface area contributed by atoms with Gasteiger partial charge in [0.2, 0.25) is 0 Å². The second kappa shape index (κ2) is 6.65. The summed E-state index contributed by atoms with van der Waals surface area (Å²) in [6.45, 7) is 3.70. The maximum absolute atomic E-state index is 10.6. The molecule has 20 heavy (non-hydrogen) atoms. The number of imidazole rings is 1. The van der Waals surface area contributed by atoms with Crippen molar-refractivity contribution < 1.29 is 9.90 Å². The predicted molar refractivity (Wildman–Crippen MR) is 73.7 cm³/mol. The van der Waals surface area contributed by atoms with E-state index in [1.807, 2.05) is 13.1 Å². The Morgan fingerprint density at radius 1 is 1.30 bits per heavy atom. The number of carboxylic acid groups (broad SMARTS) is 1. The van der Waals surface area contributed by atoms with E-state index in [1.54, 1.807) is 6.20 Å². The highest BCUT2D eigenvalue weighted by atomic mass is 16.4. The molecule has 0 saturated heterocycles. The fourth-order valence-electron chi connectivity index (χ4n) is 1.79. The monoisotopic (exact) mass is 275 g/mol. The van der Waals surface area contributed by atoms with Crippen LogP contribution >= 0.6 is 0 Å². The molecule has 0 atom stereocenters. The zero-order valence-corrected chi connectivity index (χ0v) is 11.3. The van der Waals surface area contributed by atoms with Gasteiger partial charge in [-0.1, -0.05) is 0 Å². The molecule has 106 valence electrons. The third-order valence-corrected chi connectivity index (χ3v) is 2.93. The molecule has 7 heteroatoms. The minimum Gasteiger partial charge on any atom is -0.476 e. The van der Waals surface area contributed by atoms with Gasteiger partial charge in [0, 0.05) is 25.5 Å². The zero-order chi connectivity index (χ0) is 14.4. The third kappa shape index (κ3) is 3.78. The Kier molecular flexibility index (Phi) is 4.65. The van der Waals surface area contributed by atoms with Gasteiger partial charge in [-0.25, -0.2) is 19.7 Å². The number of rotatable bonds is 7. The lowest BCUT2D eigenvalue weighted by atomic mass is 10.3. The summed E-state index contributed by atoms with van der Waals surface area (Å²) < 4.78 is 2.11. The van der Waals surface area contributed by atoms with Crippen LogP contribution in [0.3, 0.4) is 0 Å². The highest BCUT2D eigenvalue weighted by Crippen LogP contribution is 2.03. The molecule has 2 heterocycles. The Bertz CT molecular complexity index is 564. The molecule has 0 aromatic carbocycles. The average Bonchev–Trinajstić information content (AvgIpc) is 2.84. The summed E-state index contributed by atoms with van der Waals surface area (Å²) in [5.74, 6) is 0.543. The molecule has 2 aromatic heterocycles. The minimum atomic E-state index is -1.07. The van der Waals surface area contributed by atoms with E-state index < -0.39 is 5.97 Å². The summed E-state index contributed by atoms with van der Waals surface area (Å²) in [4.78, 5) is 22.6. The number of carbonyl (C=O) groups is 1. The van der Waals surface area contributed by atoms with E-state index in [4.69, 9.17) is 5.11 Å². The van der Waals surface area contributed by atoms with Crippen LogP contribution in [0.15, 0.2) is 24.8 Å². The normalized spacial score (nSPS) is 10.4. The van der Waals surface area contributed by atoms with Crippen molar-refractivity contribution in [2.75, 3.05) is 11.9 Å². The number of carboxylic acids is 1. The van der Waals surface area contributed by atoms with Gasteiger partial charge in [0.1, 0.15) is 11.6 Å². The average molecular weight is 275 g/mol. The van der Waals surface area contributed by atoms with Gasteiger partial charge in [-0.2, -0.15) is 0 Å². The summed E-state index contributed by atoms with van der Waals surface area (Å²) in [5, 5.41) is 11.8. The SMILES string of the molecule is Cc1nccn1CCCCNc1cnc(C(=O)O)cn1. The molecular formula is C13H17N5O2. The molecule has 2 aromatic rings. The van der Waals surface area contributed by atoms with Crippen LogP contribution < -0.4 is 5.32 Å². The van der Waals surface area contributed by atoms with Gasteiger partial charge in [0.25, 0.3) is 0 Å². The van der Waals surface area contributed by atoms with Gasteiger partial charge < -0.3 is 15.0 Å². The number of hydrogen-bond donors (Lipinski definition) is 2. The maximum Gasteiger partial charge on any atom is 0.356 e. The fraction of sp³-hybridized carbons (Fsp3) is 0.385. The lowest BCUT2D eigenvalue weighted by molar-refractivity contribution is 0.0690. The first-order valence-corrected chi connectivity index (χ1v) is 6.44. The highest BCUT2D eigenvalue weighted by molar-refractivity contribution is 5.84. The Morgan fingerprint density at radius 2 is 2.15 bits per heavy atom. The van der Waals surface area contributed by atoms with Crippen molar-refractivity contribution >= 4 is 11.8 Å². The molecule has 2 rings (SSSR count). The Morgan fingerprint density at radius 3 is 2.75 bits per heavy atom. The van der Waals surface area contributed by atoms with Gasteiger partial charge in [-0.3, -0.25) is 0 Å². The van der Waals surface area contributed by atoms with Crippen molar-refractivity contribution in [3.05, 3.63) is 36.3 Å². The van der Waals surface area contributed by atoms with Crippen LogP contribution in [-0.2, 0) is 6.54 Å². The lowest BCUT2D eigenvalue weighted by Crippen LogP contribution is -2.08. The van der Waals surface area contributed by atoms with Crippen molar-refractivity contribution in [3.8, 4) is 0 Å². The van der Waals surface area contributed by atoms with Gasteiger partial charge in [0.05, 0.1) is 12.4 Å². The van der Waals surface area contributed by atoms with E-state index in [9.17, 15) is 4.79 Å². The van der Waals surface area contributed by atoms with E-state index in [1.165, 1.54) is 12.4 Å². The lowest BCUT2D eigenvalue weighted by Gasteiger charge is -2.06. The quantitative estimate of drug-likeness (QED) is 0.745.